The normalized spacial score (nSPS) is 10.3. The van der Waals surface area contributed by atoms with E-state index in [1.165, 1.54) is 0 Å². The molecule has 2 rings (SSSR count). The molecular formula is C21H26ClN3O2. The number of hydrogen-bond acceptors (Lipinski definition) is 3. The number of nitrogens with zero attached hydrogens (tertiary/aromatic N) is 1. The molecule has 0 spiro atoms. The summed E-state index contributed by atoms with van der Waals surface area (Å²) in [6.45, 7) is 6.54. The number of benzene rings is 2. The van der Waals surface area contributed by atoms with Gasteiger partial charge in [0, 0.05) is 36.0 Å². The van der Waals surface area contributed by atoms with E-state index in [9.17, 15) is 9.59 Å². The molecule has 0 atom stereocenters. The van der Waals surface area contributed by atoms with Crippen LogP contribution >= 0.6 is 11.6 Å². The standard InChI is InChI=1S/C21H26ClN3O2/c1-3-25(4-2)19-11-9-18(10-12-19)24-21(27)15-20(26)23-14-13-16-5-7-17(22)8-6-16/h5-12H,3-4,13-15H2,1-2H3,(H,23,26)(H,24,27). The number of halogens is 1. The molecule has 6 heteroatoms. The van der Waals surface area contributed by atoms with Crippen molar-refractivity contribution in [2.75, 3.05) is 29.9 Å². The minimum Gasteiger partial charge on any atom is -0.372 e. The lowest BCUT2D eigenvalue weighted by molar-refractivity contribution is -0.126. The maximum atomic E-state index is 12.0. The largest absolute Gasteiger partial charge is 0.372 e. The molecule has 2 aromatic rings. The first kappa shape index (κ1) is 20.8. The molecule has 0 aromatic heterocycles. The number of carbonyl (C=O) groups is 2. The maximum absolute atomic E-state index is 12.0. The van der Waals surface area contributed by atoms with E-state index in [0.717, 1.165) is 24.3 Å². The summed E-state index contributed by atoms with van der Waals surface area (Å²) in [7, 11) is 0. The number of anilines is 2. The zero-order chi connectivity index (χ0) is 19.6. The second-order valence-electron chi connectivity index (χ2n) is 6.17. The van der Waals surface area contributed by atoms with Crippen LogP contribution in [-0.4, -0.2) is 31.4 Å². The zero-order valence-electron chi connectivity index (χ0n) is 15.8. The van der Waals surface area contributed by atoms with E-state index in [4.69, 9.17) is 11.6 Å². The van der Waals surface area contributed by atoms with E-state index < -0.39 is 0 Å². The molecule has 2 amide bonds. The number of hydrogen-bond donors (Lipinski definition) is 2. The Kier molecular flexibility index (Phi) is 8.14. The van der Waals surface area contributed by atoms with Gasteiger partial charge in [0.2, 0.25) is 11.8 Å². The predicted octanol–water partition coefficient (Wildman–Crippen LogP) is 3.87. The van der Waals surface area contributed by atoms with Gasteiger partial charge >= 0.3 is 0 Å². The summed E-state index contributed by atoms with van der Waals surface area (Å²) in [5.74, 6) is -0.615. The summed E-state index contributed by atoms with van der Waals surface area (Å²) in [4.78, 5) is 26.2. The van der Waals surface area contributed by atoms with Crippen LogP contribution in [0.1, 0.15) is 25.8 Å². The fraction of sp³-hybridized carbons (Fsp3) is 0.333. The average Bonchev–Trinajstić information content (AvgIpc) is 2.65. The molecule has 0 bridgehead atoms. The second-order valence-corrected chi connectivity index (χ2v) is 6.61. The third-order valence-corrected chi connectivity index (χ3v) is 4.50. The summed E-state index contributed by atoms with van der Waals surface area (Å²) >= 11 is 5.84. The van der Waals surface area contributed by atoms with Crippen LogP contribution in [0.5, 0.6) is 0 Å². The molecule has 0 aliphatic carbocycles. The third-order valence-electron chi connectivity index (χ3n) is 4.25. The Bertz CT molecular complexity index is 741. The molecule has 0 aliphatic heterocycles. The van der Waals surface area contributed by atoms with Crippen LogP contribution in [0, 0.1) is 0 Å². The zero-order valence-corrected chi connectivity index (χ0v) is 16.6. The molecule has 0 unspecified atom stereocenters. The Balaban J connectivity index is 1.74. The molecular weight excluding hydrogens is 362 g/mol. The van der Waals surface area contributed by atoms with Crippen molar-refractivity contribution < 1.29 is 9.59 Å². The SMILES string of the molecule is CCN(CC)c1ccc(NC(=O)CC(=O)NCCc2ccc(Cl)cc2)cc1. The first-order chi connectivity index (χ1) is 13.0. The highest BCUT2D eigenvalue weighted by Gasteiger charge is 2.10. The molecule has 0 saturated heterocycles. The Morgan fingerprint density at radius 1 is 0.926 bits per heavy atom. The van der Waals surface area contributed by atoms with Crippen molar-refractivity contribution in [1.82, 2.24) is 5.32 Å². The van der Waals surface area contributed by atoms with Gasteiger partial charge in [-0.15, -0.1) is 0 Å². The molecule has 0 aliphatic rings. The van der Waals surface area contributed by atoms with Crippen molar-refractivity contribution in [3.63, 3.8) is 0 Å². The molecule has 0 saturated carbocycles. The Labute approximate surface area is 165 Å². The van der Waals surface area contributed by atoms with Crippen molar-refractivity contribution in [3.05, 3.63) is 59.1 Å². The van der Waals surface area contributed by atoms with Gasteiger partial charge in [-0.25, -0.2) is 0 Å². The first-order valence-electron chi connectivity index (χ1n) is 9.17. The minimum absolute atomic E-state index is 0.196. The lowest BCUT2D eigenvalue weighted by Gasteiger charge is -2.21. The number of amides is 2. The summed E-state index contributed by atoms with van der Waals surface area (Å²) in [6, 6.07) is 15.1. The van der Waals surface area contributed by atoms with Gasteiger partial charge in [0.25, 0.3) is 0 Å². The molecule has 5 nitrogen and oxygen atoms in total. The maximum Gasteiger partial charge on any atom is 0.233 e. The number of rotatable bonds is 9. The Hall–Kier alpha value is -2.53. The highest BCUT2D eigenvalue weighted by Crippen LogP contribution is 2.17. The van der Waals surface area contributed by atoms with Crippen LogP contribution in [0.25, 0.3) is 0 Å². The van der Waals surface area contributed by atoms with Gasteiger partial charge in [-0.3, -0.25) is 9.59 Å². The fourth-order valence-corrected chi connectivity index (χ4v) is 2.88. The predicted molar refractivity (Wildman–Crippen MR) is 111 cm³/mol. The highest BCUT2D eigenvalue weighted by atomic mass is 35.5. The van der Waals surface area contributed by atoms with Gasteiger partial charge < -0.3 is 15.5 Å². The summed E-state index contributed by atoms with van der Waals surface area (Å²) in [5.41, 5.74) is 2.88. The lowest BCUT2D eigenvalue weighted by Crippen LogP contribution is -2.29. The van der Waals surface area contributed by atoms with Gasteiger partial charge in [-0.05, 0) is 62.2 Å². The van der Waals surface area contributed by atoms with Crippen LogP contribution in [-0.2, 0) is 16.0 Å². The van der Waals surface area contributed by atoms with Crippen LogP contribution < -0.4 is 15.5 Å². The van der Waals surface area contributed by atoms with Gasteiger partial charge in [0.1, 0.15) is 6.42 Å². The molecule has 0 fully saturated rings. The number of nitrogens with one attached hydrogen (secondary N) is 2. The van der Waals surface area contributed by atoms with Gasteiger partial charge in [0.05, 0.1) is 0 Å². The topological polar surface area (TPSA) is 61.4 Å². The summed E-state index contributed by atoms with van der Waals surface area (Å²) in [6.07, 6.45) is 0.496. The lowest BCUT2D eigenvalue weighted by atomic mass is 10.1. The van der Waals surface area contributed by atoms with E-state index in [-0.39, 0.29) is 18.2 Å². The van der Waals surface area contributed by atoms with E-state index in [2.05, 4.69) is 29.4 Å². The quantitative estimate of drug-likeness (QED) is 0.642. The average molecular weight is 388 g/mol. The van der Waals surface area contributed by atoms with Gasteiger partial charge in [0.15, 0.2) is 0 Å². The summed E-state index contributed by atoms with van der Waals surface area (Å²) < 4.78 is 0. The van der Waals surface area contributed by atoms with Crippen LogP contribution in [0.15, 0.2) is 48.5 Å². The third kappa shape index (κ3) is 6.94. The van der Waals surface area contributed by atoms with E-state index in [1.54, 1.807) is 0 Å². The second kappa shape index (κ2) is 10.6. The van der Waals surface area contributed by atoms with Crippen molar-refractivity contribution in [2.24, 2.45) is 0 Å². The van der Waals surface area contributed by atoms with E-state index in [1.807, 2.05) is 48.5 Å². The molecule has 2 aromatic carbocycles. The van der Waals surface area contributed by atoms with E-state index >= 15 is 0 Å². The van der Waals surface area contributed by atoms with Crippen LogP contribution in [0.2, 0.25) is 5.02 Å². The van der Waals surface area contributed by atoms with Gasteiger partial charge in [-0.1, -0.05) is 23.7 Å². The monoisotopic (exact) mass is 387 g/mol. The molecule has 0 heterocycles. The molecule has 2 N–H and O–H groups in total. The highest BCUT2D eigenvalue weighted by molar-refractivity contribution is 6.30. The molecule has 0 radical (unpaired) electrons. The van der Waals surface area contributed by atoms with Crippen molar-refractivity contribution in [2.45, 2.75) is 26.7 Å². The van der Waals surface area contributed by atoms with Gasteiger partial charge in [-0.2, -0.15) is 0 Å². The summed E-state index contributed by atoms with van der Waals surface area (Å²) in [5, 5.41) is 6.20. The van der Waals surface area contributed by atoms with Crippen LogP contribution in [0.4, 0.5) is 11.4 Å². The Morgan fingerprint density at radius 3 is 2.15 bits per heavy atom. The molecule has 27 heavy (non-hydrogen) atoms. The number of carbonyl (C=O) groups excluding carboxylic acids is 2. The first-order valence-corrected chi connectivity index (χ1v) is 9.55. The Morgan fingerprint density at radius 2 is 1.56 bits per heavy atom. The minimum atomic E-state index is -0.324. The van der Waals surface area contributed by atoms with E-state index in [0.29, 0.717) is 23.7 Å². The molecule has 144 valence electrons. The van der Waals surface area contributed by atoms with Crippen molar-refractivity contribution in [3.8, 4) is 0 Å². The van der Waals surface area contributed by atoms with Crippen LogP contribution in [0.3, 0.4) is 0 Å². The van der Waals surface area contributed by atoms with Crippen molar-refractivity contribution >= 4 is 34.8 Å². The van der Waals surface area contributed by atoms with Crippen molar-refractivity contribution in [1.29, 1.82) is 0 Å². The fourth-order valence-electron chi connectivity index (χ4n) is 2.76. The smallest absolute Gasteiger partial charge is 0.233 e.